The Kier molecular flexibility index (Phi) is 5.06. The fraction of sp³-hybridized carbons (Fsp3) is 0.182. The molecule has 0 radical (unpaired) electrons. The van der Waals surface area contributed by atoms with E-state index in [0.717, 1.165) is 5.75 Å². The number of aromatic amines is 1. The lowest BCUT2D eigenvalue weighted by Crippen LogP contribution is -1.92. The van der Waals surface area contributed by atoms with E-state index in [0.29, 0.717) is 23.5 Å². The molecule has 0 aliphatic carbocycles. The molecule has 8 heteroatoms. The molecule has 2 aromatic rings. The minimum atomic E-state index is 0.468. The van der Waals surface area contributed by atoms with Gasteiger partial charge in [-0.1, -0.05) is 18.3 Å². The maximum atomic E-state index is 5.09. The maximum Gasteiger partial charge on any atom is 0.240 e. The predicted octanol–water partition coefficient (Wildman–Crippen LogP) is 2.10. The first kappa shape index (κ1) is 13.2. The second kappa shape index (κ2) is 7.27. The summed E-state index contributed by atoms with van der Waals surface area (Å²) in [6.07, 6.45) is 4.54. The van der Waals surface area contributed by atoms with E-state index in [2.05, 4.69) is 32.3 Å². The van der Waals surface area contributed by atoms with E-state index in [1.54, 1.807) is 24.6 Å². The third kappa shape index (κ3) is 4.51. The van der Waals surface area contributed by atoms with Gasteiger partial charge in [0.15, 0.2) is 0 Å². The minimum absolute atomic E-state index is 0.468. The molecule has 0 unspecified atom stereocenters. The Morgan fingerprint density at radius 1 is 1.63 bits per heavy atom. The van der Waals surface area contributed by atoms with Gasteiger partial charge in [0.1, 0.15) is 5.76 Å². The van der Waals surface area contributed by atoms with Crippen molar-refractivity contribution in [1.82, 2.24) is 15.2 Å². The van der Waals surface area contributed by atoms with Crippen LogP contribution < -0.4 is 5.43 Å². The number of anilines is 1. The van der Waals surface area contributed by atoms with Crippen molar-refractivity contribution in [2.24, 2.45) is 5.10 Å². The summed E-state index contributed by atoms with van der Waals surface area (Å²) in [5.41, 5.74) is 2.72. The largest absolute Gasteiger partial charge is 0.501 e. The Bertz CT molecular complexity index is 523. The van der Waals surface area contributed by atoms with Gasteiger partial charge in [-0.15, -0.1) is 5.10 Å². The van der Waals surface area contributed by atoms with Crippen LogP contribution in [-0.2, 0) is 4.74 Å². The number of H-pyrrole nitrogens is 1. The number of hydrogen-bond donors (Lipinski definition) is 2. The molecule has 2 N–H and O–H groups in total. The Balaban J connectivity index is 1.75. The first-order chi connectivity index (χ1) is 9.38. The zero-order valence-corrected chi connectivity index (χ0v) is 10.9. The van der Waals surface area contributed by atoms with Gasteiger partial charge in [0.2, 0.25) is 11.1 Å². The fourth-order valence-corrected chi connectivity index (χ4v) is 1.78. The highest BCUT2D eigenvalue weighted by Crippen LogP contribution is 2.13. The maximum absolute atomic E-state index is 5.09. The van der Waals surface area contributed by atoms with Gasteiger partial charge in [-0.05, 0) is 12.1 Å². The normalized spacial score (nSPS) is 10.7. The zero-order valence-electron chi connectivity index (χ0n) is 10.1. The number of furan rings is 1. The van der Waals surface area contributed by atoms with Crippen molar-refractivity contribution in [2.45, 2.75) is 5.16 Å². The lowest BCUT2D eigenvalue weighted by atomic mass is 10.5. The van der Waals surface area contributed by atoms with E-state index >= 15 is 0 Å². The van der Waals surface area contributed by atoms with Crippen molar-refractivity contribution in [3.8, 4) is 0 Å². The van der Waals surface area contributed by atoms with Gasteiger partial charge < -0.3 is 9.15 Å². The summed E-state index contributed by atoms with van der Waals surface area (Å²) >= 11 is 1.48. The van der Waals surface area contributed by atoms with E-state index in [-0.39, 0.29) is 0 Å². The smallest absolute Gasteiger partial charge is 0.240 e. The summed E-state index contributed by atoms with van der Waals surface area (Å²) in [5, 5.41) is 11.3. The Morgan fingerprint density at radius 2 is 2.58 bits per heavy atom. The van der Waals surface area contributed by atoms with Crippen molar-refractivity contribution in [3.05, 3.63) is 37.0 Å². The van der Waals surface area contributed by atoms with E-state index in [1.807, 2.05) is 0 Å². The molecule has 0 bridgehead atoms. The standard InChI is InChI=1S/C11H13N5O2S/c1-2-17-6-7-19-11-13-10(15-16-11)14-12-8-9-4-3-5-18-9/h2-5,8H,1,6-7H2,(H2,13,14,15,16)/b12-8-. The molecular weight excluding hydrogens is 266 g/mol. The van der Waals surface area contributed by atoms with Crippen LogP contribution >= 0.6 is 11.8 Å². The molecule has 2 aromatic heterocycles. The van der Waals surface area contributed by atoms with Crippen LogP contribution in [0.1, 0.15) is 5.76 Å². The minimum Gasteiger partial charge on any atom is -0.501 e. The molecule has 2 rings (SSSR count). The van der Waals surface area contributed by atoms with Crippen LogP contribution in [0.15, 0.2) is 45.9 Å². The van der Waals surface area contributed by atoms with Crippen LogP contribution in [-0.4, -0.2) is 33.8 Å². The van der Waals surface area contributed by atoms with Crippen LogP contribution in [0.2, 0.25) is 0 Å². The molecule has 0 saturated heterocycles. The molecule has 0 amide bonds. The average molecular weight is 279 g/mol. The highest BCUT2D eigenvalue weighted by Gasteiger charge is 2.02. The van der Waals surface area contributed by atoms with E-state index < -0.39 is 0 Å². The number of ether oxygens (including phenoxy) is 1. The number of nitrogens with zero attached hydrogens (tertiary/aromatic N) is 3. The lowest BCUT2D eigenvalue weighted by molar-refractivity contribution is 0.274. The number of hydrazone groups is 1. The summed E-state index contributed by atoms with van der Waals surface area (Å²) in [6.45, 7) is 4.03. The van der Waals surface area contributed by atoms with Crippen LogP contribution in [0.25, 0.3) is 0 Å². The van der Waals surface area contributed by atoms with Crippen LogP contribution in [0.5, 0.6) is 0 Å². The van der Waals surface area contributed by atoms with Gasteiger partial charge in [-0.3, -0.25) is 0 Å². The molecule has 0 fully saturated rings. The first-order valence-electron chi connectivity index (χ1n) is 5.49. The number of hydrogen-bond acceptors (Lipinski definition) is 7. The molecule has 19 heavy (non-hydrogen) atoms. The van der Waals surface area contributed by atoms with Crippen molar-refractivity contribution in [2.75, 3.05) is 17.8 Å². The third-order valence-electron chi connectivity index (χ3n) is 1.92. The third-order valence-corrected chi connectivity index (χ3v) is 2.73. The monoisotopic (exact) mass is 279 g/mol. The molecule has 0 aliphatic heterocycles. The molecular formula is C11H13N5O2S. The molecule has 0 saturated carbocycles. The zero-order chi connectivity index (χ0) is 13.3. The van der Waals surface area contributed by atoms with Crippen LogP contribution in [0.3, 0.4) is 0 Å². The van der Waals surface area contributed by atoms with E-state index in [1.165, 1.54) is 18.0 Å². The topological polar surface area (TPSA) is 88.3 Å². The first-order valence-corrected chi connectivity index (χ1v) is 6.47. The second-order valence-corrected chi connectivity index (χ2v) is 4.30. The quantitative estimate of drug-likeness (QED) is 0.253. The Labute approximate surface area is 114 Å². The van der Waals surface area contributed by atoms with Gasteiger partial charge in [0.25, 0.3) is 0 Å². The van der Waals surface area contributed by atoms with Gasteiger partial charge in [-0.25, -0.2) is 10.5 Å². The van der Waals surface area contributed by atoms with Crippen molar-refractivity contribution < 1.29 is 9.15 Å². The number of rotatable bonds is 8. The highest BCUT2D eigenvalue weighted by molar-refractivity contribution is 7.99. The number of thioether (sulfide) groups is 1. The van der Waals surface area contributed by atoms with Gasteiger partial charge in [-0.2, -0.15) is 10.1 Å². The van der Waals surface area contributed by atoms with Gasteiger partial charge in [0, 0.05) is 5.75 Å². The second-order valence-electron chi connectivity index (χ2n) is 3.24. The molecule has 0 atom stereocenters. The van der Waals surface area contributed by atoms with Crippen molar-refractivity contribution >= 4 is 23.9 Å². The van der Waals surface area contributed by atoms with Crippen molar-refractivity contribution in [1.29, 1.82) is 0 Å². The van der Waals surface area contributed by atoms with Gasteiger partial charge in [0.05, 0.1) is 25.3 Å². The molecule has 0 spiro atoms. The Morgan fingerprint density at radius 3 is 3.37 bits per heavy atom. The lowest BCUT2D eigenvalue weighted by Gasteiger charge is -1.96. The Hall–Kier alpha value is -2.22. The number of aromatic nitrogens is 3. The van der Waals surface area contributed by atoms with Gasteiger partial charge >= 0.3 is 0 Å². The van der Waals surface area contributed by atoms with E-state index in [4.69, 9.17) is 9.15 Å². The molecule has 100 valence electrons. The highest BCUT2D eigenvalue weighted by atomic mass is 32.2. The average Bonchev–Trinajstić information content (AvgIpc) is 3.07. The molecule has 0 aliphatic rings. The van der Waals surface area contributed by atoms with E-state index in [9.17, 15) is 0 Å². The number of nitrogens with one attached hydrogen (secondary N) is 2. The molecule has 7 nitrogen and oxygen atoms in total. The summed E-state index contributed by atoms with van der Waals surface area (Å²) in [7, 11) is 0. The van der Waals surface area contributed by atoms with Crippen molar-refractivity contribution in [3.63, 3.8) is 0 Å². The summed E-state index contributed by atoms with van der Waals surface area (Å²) in [5.74, 6) is 1.87. The fourth-order valence-electron chi connectivity index (χ4n) is 1.15. The molecule has 0 aromatic carbocycles. The SMILES string of the molecule is C=COCCSc1n[nH]c(N/N=C\c2ccco2)n1. The predicted molar refractivity (Wildman–Crippen MR) is 73.2 cm³/mol. The van der Waals surface area contributed by atoms with Crippen LogP contribution in [0, 0.1) is 0 Å². The molecule has 2 heterocycles. The van der Waals surface area contributed by atoms with Crippen LogP contribution in [0.4, 0.5) is 5.95 Å². The summed E-state index contributed by atoms with van der Waals surface area (Å²) in [4.78, 5) is 4.19. The summed E-state index contributed by atoms with van der Waals surface area (Å²) in [6, 6.07) is 3.59. The summed E-state index contributed by atoms with van der Waals surface area (Å²) < 4.78 is 10.1.